The summed E-state index contributed by atoms with van der Waals surface area (Å²) in [7, 11) is 0. The van der Waals surface area contributed by atoms with Crippen molar-refractivity contribution in [1.29, 1.82) is 0 Å². The van der Waals surface area contributed by atoms with Gasteiger partial charge in [-0.2, -0.15) is 0 Å². The van der Waals surface area contributed by atoms with Crippen LogP contribution in [0, 0.1) is 11.8 Å². The van der Waals surface area contributed by atoms with Gasteiger partial charge in [0.05, 0.1) is 32.5 Å². The Hall–Kier alpha value is -4.11. The van der Waals surface area contributed by atoms with Crippen LogP contribution in [0.2, 0.25) is 0 Å². The number of carbonyl (C=O) groups excluding carboxylic acids is 4. The number of rotatable bonds is 11. The van der Waals surface area contributed by atoms with Crippen LogP contribution in [0.25, 0.3) is 10.4 Å². The van der Waals surface area contributed by atoms with Crippen molar-refractivity contribution in [2.75, 3.05) is 33.0 Å². The number of hydrogen-bond acceptors (Lipinski definition) is 8. The molecule has 1 fully saturated rings. The molecule has 4 amide bonds. The molecule has 214 valence electrons. The summed E-state index contributed by atoms with van der Waals surface area (Å²) in [4.78, 5) is 53.4. The van der Waals surface area contributed by atoms with E-state index in [2.05, 4.69) is 32.5 Å². The lowest BCUT2D eigenvalue weighted by molar-refractivity contribution is -0.136. The molecule has 2 atom stereocenters. The average Bonchev–Trinajstić information content (AvgIpc) is 3.21. The van der Waals surface area contributed by atoms with Gasteiger partial charge in [0, 0.05) is 42.0 Å². The smallest absolute Gasteiger partial charge is 0.407 e. The number of piperidine rings is 1. The Morgan fingerprint density at radius 2 is 2.02 bits per heavy atom. The number of alkyl carbamates (subject to hydrolysis) is 1. The SMILES string of the molecule is CC(C)(C)OC(=O)N[C@@H](CC#Cc1cccc2c1CN(C1CCC(=O)NC1=O)C2=O)COCCOCCN=[N+]=[N-]. The van der Waals surface area contributed by atoms with Crippen LogP contribution < -0.4 is 10.6 Å². The molecule has 2 aliphatic heterocycles. The number of amides is 4. The first-order valence-electron chi connectivity index (χ1n) is 13.0. The van der Waals surface area contributed by atoms with Gasteiger partial charge in [-0.1, -0.05) is 23.0 Å². The van der Waals surface area contributed by atoms with E-state index < -0.39 is 29.7 Å². The summed E-state index contributed by atoms with van der Waals surface area (Å²) in [6.07, 6.45) is 0.104. The van der Waals surface area contributed by atoms with Crippen molar-refractivity contribution in [2.24, 2.45) is 5.11 Å². The van der Waals surface area contributed by atoms with Gasteiger partial charge in [-0.05, 0) is 50.4 Å². The van der Waals surface area contributed by atoms with Gasteiger partial charge in [0.25, 0.3) is 5.91 Å². The van der Waals surface area contributed by atoms with Gasteiger partial charge < -0.3 is 24.4 Å². The van der Waals surface area contributed by atoms with E-state index in [4.69, 9.17) is 19.7 Å². The van der Waals surface area contributed by atoms with Crippen LogP contribution in [0.15, 0.2) is 23.3 Å². The van der Waals surface area contributed by atoms with Crippen molar-refractivity contribution in [3.63, 3.8) is 0 Å². The summed E-state index contributed by atoms with van der Waals surface area (Å²) in [6, 6.07) is 4.04. The van der Waals surface area contributed by atoms with E-state index in [0.717, 1.165) is 5.56 Å². The number of carbonyl (C=O) groups is 4. The van der Waals surface area contributed by atoms with E-state index in [9.17, 15) is 19.2 Å². The third-order valence-corrected chi connectivity index (χ3v) is 5.96. The molecule has 1 aromatic rings. The molecule has 0 aromatic heterocycles. The standard InChI is InChI=1S/C27H34N6O7/c1-27(2,3)40-26(37)30-19(17-39-15-14-38-13-12-29-32-28)8-4-6-18-7-5-9-20-21(18)16-33(25(20)36)22-10-11-23(34)31-24(22)35/h5,7,9,19,22H,8,10-17H2,1-3H3,(H,30,37)(H,31,34,35)/t19-,22?/m0/s1. The van der Waals surface area contributed by atoms with Gasteiger partial charge in [0.2, 0.25) is 11.8 Å². The molecule has 0 bridgehead atoms. The second kappa shape index (κ2) is 14.3. The number of ether oxygens (including phenoxy) is 3. The van der Waals surface area contributed by atoms with E-state index >= 15 is 0 Å². The zero-order valence-corrected chi connectivity index (χ0v) is 22.9. The maximum atomic E-state index is 13.0. The van der Waals surface area contributed by atoms with E-state index in [1.54, 1.807) is 39.0 Å². The molecule has 2 aliphatic rings. The first-order chi connectivity index (χ1) is 19.1. The topological polar surface area (TPSA) is 172 Å². The summed E-state index contributed by atoms with van der Waals surface area (Å²) < 4.78 is 16.3. The normalized spacial score (nSPS) is 17.2. The molecule has 0 spiro atoms. The van der Waals surface area contributed by atoms with Crippen LogP contribution in [-0.2, 0) is 30.3 Å². The van der Waals surface area contributed by atoms with E-state index in [0.29, 0.717) is 17.7 Å². The van der Waals surface area contributed by atoms with Crippen molar-refractivity contribution in [3.8, 4) is 11.8 Å². The molecule has 2 heterocycles. The fourth-order valence-electron chi connectivity index (χ4n) is 4.19. The first-order valence-corrected chi connectivity index (χ1v) is 13.0. The van der Waals surface area contributed by atoms with Crippen LogP contribution in [-0.4, -0.2) is 79.4 Å². The minimum Gasteiger partial charge on any atom is -0.444 e. The fourth-order valence-corrected chi connectivity index (χ4v) is 4.19. The predicted octanol–water partition coefficient (Wildman–Crippen LogP) is 2.43. The van der Waals surface area contributed by atoms with Crippen molar-refractivity contribution in [1.82, 2.24) is 15.5 Å². The Labute approximate surface area is 232 Å². The molecule has 1 saturated heterocycles. The number of nitrogens with one attached hydrogen (secondary N) is 2. The molecule has 13 nitrogen and oxygen atoms in total. The van der Waals surface area contributed by atoms with Crippen LogP contribution in [0.3, 0.4) is 0 Å². The summed E-state index contributed by atoms with van der Waals surface area (Å²) in [5.41, 5.74) is 9.44. The van der Waals surface area contributed by atoms with E-state index in [1.165, 1.54) is 4.90 Å². The second-order valence-electron chi connectivity index (χ2n) is 10.2. The molecule has 13 heteroatoms. The molecule has 0 radical (unpaired) electrons. The van der Waals surface area contributed by atoms with Crippen LogP contribution in [0.5, 0.6) is 0 Å². The molecule has 0 aliphatic carbocycles. The Morgan fingerprint density at radius 1 is 1.25 bits per heavy atom. The molecule has 2 N–H and O–H groups in total. The Morgan fingerprint density at radius 3 is 2.75 bits per heavy atom. The lowest BCUT2D eigenvalue weighted by atomic mass is 10.0. The maximum Gasteiger partial charge on any atom is 0.407 e. The number of azide groups is 1. The molecule has 3 rings (SSSR count). The van der Waals surface area contributed by atoms with E-state index in [-0.39, 0.29) is 64.0 Å². The summed E-state index contributed by atoms with van der Waals surface area (Å²) in [6.45, 7) is 6.73. The van der Waals surface area contributed by atoms with Gasteiger partial charge in [-0.25, -0.2) is 4.79 Å². The highest BCUT2D eigenvalue weighted by atomic mass is 16.6. The summed E-state index contributed by atoms with van der Waals surface area (Å²) >= 11 is 0. The Bertz CT molecular complexity index is 1230. The Kier molecular flexibility index (Phi) is 10.9. The summed E-state index contributed by atoms with van der Waals surface area (Å²) in [5, 5.41) is 8.46. The zero-order valence-electron chi connectivity index (χ0n) is 22.9. The number of hydrogen-bond donors (Lipinski definition) is 2. The van der Waals surface area contributed by atoms with Crippen molar-refractivity contribution in [2.45, 2.75) is 64.3 Å². The molecule has 1 unspecified atom stereocenters. The molecular formula is C27H34N6O7. The molecular weight excluding hydrogens is 520 g/mol. The molecule has 0 saturated carbocycles. The quantitative estimate of drug-likeness (QED) is 0.106. The second-order valence-corrected chi connectivity index (χ2v) is 10.2. The average molecular weight is 555 g/mol. The number of fused-ring (bicyclic) bond motifs is 1. The van der Waals surface area contributed by atoms with E-state index in [1.807, 2.05) is 0 Å². The minimum atomic E-state index is -0.707. The minimum absolute atomic E-state index is 0.155. The van der Waals surface area contributed by atoms with Gasteiger partial charge in [-0.15, -0.1) is 0 Å². The molecule has 1 aromatic carbocycles. The monoisotopic (exact) mass is 554 g/mol. The Balaban J connectivity index is 1.64. The number of nitrogens with zero attached hydrogens (tertiary/aromatic N) is 4. The van der Waals surface area contributed by atoms with Crippen LogP contribution in [0.1, 0.15) is 61.5 Å². The predicted molar refractivity (Wildman–Crippen MR) is 143 cm³/mol. The number of imide groups is 1. The van der Waals surface area contributed by atoms with Gasteiger partial charge in [0.1, 0.15) is 11.6 Å². The number of benzene rings is 1. The van der Waals surface area contributed by atoms with Crippen LogP contribution in [0.4, 0.5) is 4.79 Å². The maximum absolute atomic E-state index is 13.0. The largest absolute Gasteiger partial charge is 0.444 e. The van der Waals surface area contributed by atoms with Crippen molar-refractivity contribution >= 4 is 23.8 Å². The van der Waals surface area contributed by atoms with Crippen molar-refractivity contribution in [3.05, 3.63) is 45.3 Å². The van der Waals surface area contributed by atoms with Gasteiger partial charge in [-0.3, -0.25) is 19.7 Å². The van der Waals surface area contributed by atoms with Crippen molar-refractivity contribution < 1.29 is 33.4 Å². The lowest BCUT2D eigenvalue weighted by Gasteiger charge is -2.29. The van der Waals surface area contributed by atoms with Gasteiger partial charge >= 0.3 is 6.09 Å². The highest BCUT2D eigenvalue weighted by Gasteiger charge is 2.39. The third-order valence-electron chi connectivity index (χ3n) is 5.96. The van der Waals surface area contributed by atoms with Gasteiger partial charge in [0.15, 0.2) is 0 Å². The highest BCUT2D eigenvalue weighted by Crippen LogP contribution is 2.29. The highest BCUT2D eigenvalue weighted by molar-refractivity contribution is 6.05. The third kappa shape index (κ3) is 8.98. The fraction of sp³-hybridized carbons (Fsp3) is 0.556. The van der Waals surface area contributed by atoms with Crippen LogP contribution >= 0.6 is 0 Å². The lowest BCUT2D eigenvalue weighted by Crippen LogP contribution is -2.52. The molecule has 40 heavy (non-hydrogen) atoms. The zero-order chi connectivity index (χ0) is 29.1. The summed E-state index contributed by atoms with van der Waals surface area (Å²) in [5.74, 6) is 5.08. The first kappa shape index (κ1) is 30.4.